The average molecular weight is 414 g/mol. The van der Waals surface area contributed by atoms with Gasteiger partial charge < -0.3 is 19.9 Å². The van der Waals surface area contributed by atoms with E-state index in [-0.39, 0.29) is 13.0 Å². The lowest BCUT2D eigenvalue weighted by molar-refractivity contribution is -0.149. The van der Waals surface area contributed by atoms with Crippen molar-refractivity contribution >= 4 is 23.8 Å². The van der Waals surface area contributed by atoms with Gasteiger partial charge in [-0.3, -0.25) is 19.4 Å². The van der Waals surface area contributed by atoms with Gasteiger partial charge in [-0.25, -0.2) is 4.79 Å². The number of carboxylic acids is 1. The lowest BCUT2D eigenvalue weighted by Crippen LogP contribution is -2.44. The molecule has 0 unspecified atom stereocenters. The molecule has 9 nitrogen and oxygen atoms in total. The molecule has 0 saturated heterocycles. The Morgan fingerprint density at radius 2 is 1.73 bits per heavy atom. The monoisotopic (exact) mass is 414 g/mol. The minimum Gasteiger partial charge on any atom is -0.481 e. The van der Waals surface area contributed by atoms with E-state index in [9.17, 15) is 19.2 Å². The number of nitrogens with zero attached hydrogens (tertiary/aromatic N) is 1. The SMILES string of the molecule is O=C(O)C[C@H](NC(=O)OCc1ccccc1)C(=O)COC(=O)CCc1cccnc1. The van der Waals surface area contributed by atoms with Gasteiger partial charge in [-0.15, -0.1) is 0 Å². The summed E-state index contributed by atoms with van der Waals surface area (Å²) >= 11 is 0. The van der Waals surface area contributed by atoms with Gasteiger partial charge in [0.25, 0.3) is 0 Å². The van der Waals surface area contributed by atoms with Crippen LogP contribution in [0.5, 0.6) is 0 Å². The molecule has 1 aromatic carbocycles. The van der Waals surface area contributed by atoms with Crippen LogP contribution in [0.1, 0.15) is 24.0 Å². The number of carbonyl (C=O) groups is 4. The summed E-state index contributed by atoms with van der Waals surface area (Å²) in [7, 11) is 0. The molecule has 0 aliphatic carbocycles. The second kappa shape index (κ2) is 11.9. The molecule has 0 bridgehead atoms. The molecule has 1 atom stereocenters. The Labute approximate surface area is 173 Å². The molecule has 0 fully saturated rings. The first kappa shape index (κ1) is 22.5. The van der Waals surface area contributed by atoms with Crippen molar-refractivity contribution < 1.29 is 33.8 Å². The number of hydrogen-bond donors (Lipinski definition) is 2. The predicted molar refractivity (Wildman–Crippen MR) is 104 cm³/mol. The smallest absolute Gasteiger partial charge is 0.408 e. The van der Waals surface area contributed by atoms with E-state index in [0.29, 0.717) is 6.42 Å². The number of carboxylic acid groups (broad SMARTS) is 1. The molecule has 30 heavy (non-hydrogen) atoms. The van der Waals surface area contributed by atoms with Crippen LogP contribution in [0.25, 0.3) is 0 Å². The number of pyridine rings is 1. The first-order valence-electron chi connectivity index (χ1n) is 9.20. The predicted octanol–water partition coefficient (Wildman–Crippen LogP) is 1.90. The first-order chi connectivity index (χ1) is 14.4. The van der Waals surface area contributed by atoms with Gasteiger partial charge in [0.15, 0.2) is 12.4 Å². The van der Waals surface area contributed by atoms with Crippen molar-refractivity contribution in [2.45, 2.75) is 31.9 Å². The Morgan fingerprint density at radius 3 is 2.40 bits per heavy atom. The molecule has 9 heteroatoms. The first-order valence-corrected chi connectivity index (χ1v) is 9.20. The highest BCUT2D eigenvalue weighted by Crippen LogP contribution is 2.04. The van der Waals surface area contributed by atoms with Gasteiger partial charge in [0.05, 0.1) is 6.42 Å². The van der Waals surface area contributed by atoms with Crippen molar-refractivity contribution in [2.75, 3.05) is 6.61 Å². The van der Waals surface area contributed by atoms with Gasteiger partial charge in [0.1, 0.15) is 12.6 Å². The zero-order chi connectivity index (χ0) is 21.8. The van der Waals surface area contributed by atoms with Crippen molar-refractivity contribution in [1.82, 2.24) is 10.3 Å². The van der Waals surface area contributed by atoms with E-state index in [1.54, 1.807) is 48.8 Å². The van der Waals surface area contributed by atoms with Crippen LogP contribution in [0, 0.1) is 0 Å². The van der Waals surface area contributed by atoms with Gasteiger partial charge in [0, 0.05) is 18.8 Å². The number of alkyl carbamates (subject to hydrolysis) is 1. The molecule has 158 valence electrons. The average Bonchev–Trinajstić information content (AvgIpc) is 2.75. The number of aromatic nitrogens is 1. The lowest BCUT2D eigenvalue weighted by Gasteiger charge is -2.16. The van der Waals surface area contributed by atoms with Gasteiger partial charge in [0.2, 0.25) is 0 Å². The van der Waals surface area contributed by atoms with E-state index in [2.05, 4.69) is 10.3 Å². The number of carbonyl (C=O) groups excluding carboxylic acids is 3. The highest BCUT2D eigenvalue weighted by molar-refractivity contribution is 5.92. The molecule has 1 heterocycles. The quantitative estimate of drug-likeness (QED) is 0.533. The standard InChI is InChI=1S/C21H22N2O7/c24-18(14-29-20(27)9-8-15-7-4-10-22-12-15)17(11-19(25)26)23-21(28)30-13-16-5-2-1-3-6-16/h1-7,10,12,17H,8-9,11,13-14H2,(H,23,28)(H,25,26)/t17-/m0/s1. The molecule has 1 amide bonds. The van der Waals surface area contributed by atoms with Crippen LogP contribution in [-0.2, 0) is 36.9 Å². The molecule has 2 rings (SSSR count). The Balaban J connectivity index is 1.79. The maximum Gasteiger partial charge on any atom is 0.408 e. The Kier molecular flexibility index (Phi) is 8.98. The van der Waals surface area contributed by atoms with Crippen LogP contribution in [0.3, 0.4) is 0 Å². The van der Waals surface area contributed by atoms with Gasteiger partial charge in [-0.05, 0) is 23.6 Å². The van der Waals surface area contributed by atoms with Gasteiger partial charge in [-0.2, -0.15) is 0 Å². The summed E-state index contributed by atoms with van der Waals surface area (Å²) in [4.78, 5) is 50.9. The number of ketones is 1. The topological polar surface area (TPSA) is 132 Å². The minimum atomic E-state index is -1.38. The van der Waals surface area contributed by atoms with Crippen molar-refractivity contribution in [3.8, 4) is 0 Å². The van der Waals surface area contributed by atoms with Crippen LogP contribution >= 0.6 is 0 Å². The minimum absolute atomic E-state index is 0.0368. The Morgan fingerprint density at radius 1 is 1.00 bits per heavy atom. The summed E-state index contributed by atoms with van der Waals surface area (Å²) in [5.74, 6) is -2.66. The zero-order valence-corrected chi connectivity index (χ0v) is 16.2. The normalized spacial score (nSPS) is 11.2. The molecule has 2 aromatic rings. The second-order valence-electron chi connectivity index (χ2n) is 6.34. The van der Waals surface area contributed by atoms with Crippen molar-refractivity contribution in [1.29, 1.82) is 0 Å². The number of benzene rings is 1. The molecular formula is C21H22N2O7. The van der Waals surface area contributed by atoms with Crippen LogP contribution in [0.4, 0.5) is 4.79 Å². The largest absolute Gasteiger partial charge is 0.481 e. The molecule has 1 aromatic heterocycles. The molecular weight excluding hydrogens is 392 g/mol. The second-order valence-corrected chi connectivity index (χ2v) is 6.34. The molecule has 0 radical (unpaired) electrons. The number of esters is 1. The fraction of sp³-hybridized carbons (Fsp3) is 0.286. The number of amides is 1. The molecule has 0 saturated carbocycles. The van der Waals surface area contributed by atoms with E-state index in [4.69, 9.17) is 14.6 Å². The summed E-state index contributed by atoms with van der Waals surface area (Å²) < 4.78 is 9.90. The zero-order valence-electron chi connectivity index (χ0n) is 16.2. The van der Waals surface area contributed by atoms with Gasteiger partial charge in [-0.1, -0.05) is 36.4 Å². The van der Waals surface area contributed by atoms with E-state index in [1.807, 2.05) is 6.07 Å². The highest BCUT2D eigenvalue weighted by atomic mass is 16.5. The molecule has 0 spiro atoms. The van der Waals surface area contributed by atoms with Crippen molar-refractivity contribution in [3.63, 3.8) is 0 Å². The van der Waals surface area contributed by atoms with E-state index in [0.717, 1.165) is 11.1 Å². The highest BCUT2D eigenvalue weighted by Gasteiger charge is 2.25. The van der Waals surface area contributed by atoms with Crippen molar-refractivity contribution in [2.24, 2.45) is 0 Å². The third-order valence-corrected chi connectivity index (χ3v) is 3.99. The number of Topliss-reactive ketones (excluding diaryl/α,β-unsaturated/α-hetero) is 1. The molecule has 0 aliphatic heterocycles. The fourth-order valence-electron chi connectivity index (χ4n) is 2.44. The van der Waals surface area contributed by atoms with Crippen LogP contribution < -0.4 is 5.32 Å². The summed E-state index contributed by atoms with van der Waals surface area (Å²) in [6.45, 7) is -0.688. The number of hydrogen-bond acceptors (Lipinski definition) is 7. The number of aryl methyl sites for hydroxylation is 1. The molecule has 0 aliphatic rings. The third-order valence-electron chi connectivity index (χ3n) is 3.99. The fourth-order valence-corrected chi connectivity index (χ4v) is 2.44. The summed E-state index contributed by atoms with van der Waals surface area (Å²) in [6, 6.07) is 11.0. The maximum atomic E-state index is 12.2. The van der Waals surface area contributed by atoms with Crippen LogP contribution in [-0.4, -0.2) is 46.6 Å². The van der Waals surface area contributed by atoms with Crippen molar-refractivity contribution in [3.05, 3.63) is 66.0 Å². The van der Waals surface area contributed by atoms with Crippen LogP contribution in [0.2, 0.25) is 0 Å². The van der Waals surface area contributed by atoms with E-state index in [1.165, 1.54) is 0 Å². The number of aliphatic carboxylic acids is 1. The Bertz CT molecular complexity index is 856. The maximum absolute atomic E-state index is 12.2. The van der Waals surface area contributed by atoms with E-state index >= 15 is 0 Å². The van der Waals surface area contributed by atoms with Crippen LogP contribution in [0.15, 0.2) is 54.9 Å². The number of rotatable bonds is 11. The lowest BCUT2D eigenvalue weighted by atomic mass is 10.1. The molecule has 2 N–H and O–H groups in total. The summed E-state index contributed by atoms with van der Waals surface area (Å²) in [6.07, 6.45) is 2.06. The summed E-state index contributed by atoms with van der Waals surface area (Å²) in [5.41, 5.74) is 1.57. The van der Waals surface area contributed by atoms with E-state index < -0.39 is 42.9 Å². The third kappa shape index (κ3) is 8.51. The number of nitrogens with one attached hydrogen (secondary N) is 1. The number of ether oxygens (including phenoxy) is 2. The summed E-state index contributed by atoms with van der Waals surface area (Å²) in [5, 5.41) is 11.2. The Hall–Kier alpha value is -3.75. The van der Waals surface area contributed by atoms with Gasteiger partial charge >= 0.3 is 18.0 Å².